The van der Waals surface area contributed by atoms with E-state index in [1.54, 1.807) is 14.2 Å². The van der Waals surface area contributed by atoms with Crippen molar-refractivity contribution in [3.63, 3.8) is 0 Å². The highest BCUT2D eigenvalue weighted by Crippen LogP contribution is 2.30. The van der Waals surface area contributed by atoms with Gasteiger partial charge in [-0.3, -0.25) is 4.99 Å². The average Bonchev–Trinajstić information content (AvgIpc) is 3.23. The molecule has 176 valence electrons. The molecule has 1 unspecified atom stereocenters. The third-order valence-corrected chi connectivity index (χ3v) is 6.22. The fraction of sp³-hybridized carbons (Fsp3) is 0.696. The lowest BCUT2D eigenvalue weighted by atomic mass is 9.94. The number of methoxy groups -OCH3 is 2. The highest BCUT2D eigenvalue weighted by Gasteiger charge is 2.24. The summed E-state index contributed by atoms with van der Waals surface area (Å²) in [5.74, 6) is 3.41. The average molecular weight is 546 g/mol. The minimum atomic E-state index is 0. The predicted molar refractivity (Wildman–Crippen MR) is 140 cm³/mol. The first-order valence-electron chi connectivity index (χ1n) is 11.3. The summed E-state index contributed by atoms with van der Waals surface area (Å²) in [6.07, 6.45) is 4.87. The Labute approximate surface area is 205 Å². The van der Waals surface area contributed by atoms with E-state index in [0.717, 1.165) is 61.7 Å². The number of rotatable bonds is 8. The van der Waals surface area contributed by atoms with E-state index in [1.165, 1.54) is 32.4 Å². The number of hydrogen-bond donors (Lipinski definition) is 2. The van der Waals surface area contributed by atoms with E-state index in [-0.39, 0.29) is 24.0 Å². The quantitative estimate of drug-likeness (QED) is 0.298. The molecule has 0 aromatic heterocycles. The van der Waals surface area contributed by atoms with E-state index in [2.05, 4.69) is 46.5 Å². The molecular weight excluding hydrogens is 505 g/mol. The van der Waals surface area contributed by atoms with E-state index in [9.17, 15) is 0 Å². The first kappa shape index (κ1) is 25.8. The fourth-order valence-corrected chi connectivity index (χ4v) is 4.31. The molecule has 0 radical (unpaired) electrons. The lowest BCUT2D eigenvalue weighted by molar-refractivity contribution is 0.214. The predicted octanol–water partition coefficient (Wildman–Crippen LogP) is 3.19. The van der Waals surface area contributed by atoms with Crippen molar-refractivity contribution in [2.24, 2.45) is 10.9 Å². The standard InChI is InChI=1S/C23H39N5O2.HI/c1-5-24-23(25-10-6-18-7-11-27(2)12-8-18)26-19-9-13-28(17-19)20-14-21(29-3)16-22(15-20)30-4;/h14-16,18-19H,5-13,17H2,1-4H3,(H2,24,25,26);1H. The lowest BCUT2D eigenvalue weighted by Crippen LogP contribution is -2.44. The molecule has 2 N–H and O–H groups in total. The highest BCUT2D eigenvalue weighted by atomic mass is 127. The van der Waals surface area contributed by atoms with Crippen LogP contribution in [0.15, 0.2) is 23.2 Å². The van der Waals surface area contributed by atoms with Gasteiger partial charge in [-0.25, -0.2) is 0 Å². The van der Waals surface area contributed by atoms with E-state index >= 15 is 0 Å². The first-order valence-corrected chi connectivity index (χ1v) is 11.3. The van der Waals surface area contributed by atoms with E-state index in [0.29, 0.717) is 6.04 Å². The molecule has 1 aromatic rings. The lowest BCUT2D eigenvalue weighted by Gasteiger charge is -2.28. The summed E-state index contributed by atoms with van der Waals surface area (Å²) in [6.45, 7) is 8.28. The van der Waals surface area contributed by atoms with Crippen LogP contribution in [-0.2, 0) is 0 Å². The maximum absolute atomic E-state index is 5.43. The van der Waals surface area contributed by atoms with Crippen LogP contribution in [0.3, 0.4) is 0 Å². The molecule has 2 fully saturated rings. The second-order valence-corrected chi connectivity index (χ2v) is 8.44. The maximum atomic E-state index is 5.43. The Hall–Kier alpha value is -1.42. The summed E-state index contributed by atoms with van der Waals surface area (Å²) in [6, 6.07) is 6.44. The van der Waals surface area contributed by atoms with Crippen LogP contribution in [-0.4, -0.2) is 77.4 Å². The molecule has 2 aliphatic rings. The number of nitrogens with zero attached hydrogens (tertiary/aromatic N) is 3. The van der Waals surface area contributed by atoms with Gasteiger partial charge in [0.15, 0.2) is 5.96 Å². The zero-order chi connectivity index (χ0) is 21.3. The van der Waals surface area contributed by atoms with Gasteiger partial charge in [-0.1, -0.05) is 0 Å². The Morgan fingerprint density at radius 3 is 2.35 bits per heavy atom. The minimum Gasteiger partial charge on any atom is -0.497 e. The third-order valence-electron chi connectivity index (χ3n) is 6.22. The van der Waals surface area contributed by atoms with Crippen LogP contribution in [0.1, 0.15) is 32.6 Å². The summed E-state index contributed by atoms with van der Waals surface area (Å²) in [4.78, 5) is 9.67. The van der Waals surface area contributed by atoms with Crippen LogP contribution in [0.5, 0.6) is 11.5 Å². The van der Waals surface area contributed by atoms with Gasteiger partial charge in [0.2, 0.25) is 0 Å². The van der Waals surface area contributed by atoms with Crippen LogP contribution >= 0.6 is 24.0 Å². The topological polar surface area (TPSA) is 61.4 Å². The second kappa shape index (κ2) is 13.2. The van der Waals surface area contributed by atoms with Crippen molar-refractivity contribution >= 4 is 35.6 Å². The Kier molecular flexibility index (Phi) is 11.0. The molecule has 2 heterocycles. The van der Waals surface area contributed by atoms with Gasteiger partial charge in [0, 0.05) is 56.1 Å². The monoisotopic (exact) mass is 545 g/mol. The molecule has 0 spiro atoms. The van der Waals surface area contributed by atoms with Gasteiger partial charge >= 0.3 is 0 Å². The molecule has 3 rings (SSSR count). The van der Waals surface area contributed by atoms with Crippen LogP contribution < -0.4 is 25.0 Å². The normalized spacial score (nSPS) is 20.3. The molecule has 1 aromatic carbocycles. The van der Waals surface area contributed by atoms with Crippen molar-refractivity contribution in [1.29, 1.82) is 0 Å². The number of benzene rings is 1. The van der Waals surface area contributed by atoms with E-state index in [4.69, 9.17) is 14.5 Å². The molecule has 0 saturated carbocycles. The molecular formula is C23H40IN5O2. The number of likely N-dealkylation sites (tertiary alicyclic amines) is 1. The van der Waals surface area contributed by atoms with Crippen LogP contribution in [0, 0.1) is 5.92 Å². The van der Waals surface area contributed by atoms with Gasteiger partial charge in [-0.15, -0.1) is 24.0 Å². The summed E-state index contributed by atoms with van der Waals surface area (Å²) in [7, 11) is 5.60. The number of aliphatic imine (C=N–C) groups is 1. The van der Waals surface area contributed by atoms with Crippen molar-refractivity contribution < 1.29 is 9.47 Å². The highest BCUT2D eigenvalue weighted by molar-refractivity contribution is 14.0. The third kappa shape index (κ3) is 7.89. The Morgan fingerprint density at radius 1 is 1.06 bits per heavy atom. The SMILES string of the molecule is CCNC(=NCCC1CCN(C)CC1)NC1CCN(c2cc(OC)cc(OC)c2)C1.I. The Balaban J connectivity index is 0.00000341. The summed E-state index contributed by atoms with van der Waals surface area (Å²) in [5.41, 5.74) is 1.14. The zero-order valence-electron chi connectivity index (χ0n) is 19.5. The first-order chi connectivity index (χ1) is 14.6. The van der Waals surface area contributed by atoms with Crippen molar-refractivity contribution in [2.75, 3.05) is 65.4 Å². The molecule has 2 saturated heterocycles. The fourth-order valence-electron chi connectivity index (χ4n) is 4.31. The maximum Gasteiger partial charge on any atom is 0.191 e. The van der Waals surface area contributed by atoms with Gasteiger partial charge in [-0.05, 0) is 58.7 Å². The van der Waals surface area contributed by atoms with Gasteiger partial charge in [0.05, 0.1) is 14.2 Å². The number of piperidine rings is 1. The van der Waals surface area contributed by atoms with E-state index < -0.39 is 0 Å². The summed E-state index contributed by atoms with van der Waals surface area (Å²) >= 11 is 0. The summed E-state index contributed by atoms with van der Waals surface area (Å²) in [5, 5.41) is 7.06. The van der Waals surface area contributed by atoms with Crippen LogP contribution in [0.4, 0.5) is 5.69 Å². The van der Waals surface area contributed by atoms with Crippen molar-refractivity contribution in [1.82, 2.24) is 15.5 Å². The van der Waals surface area contributed by atoms with Crippen molar-refractivity contribution in [3.8, 4) is 11.5 Å². The molecule has 7 nitrogen and oxygen atoms in total. The molecule has 0 aliphatic carbocycles. The Bertz CT molecular complexity index is 672. The number of nitrogens with one attached hydrogen (secondary N) is 2. The number of hydrogen-bond acceptors (Lipinski definition) is 5. The number of ether oxygens (including phenoxy) is 2. The smallest absolute Gasteiger partial charge is 0.191 e. The number of guanidine groups is 1. The number of anilines is 1. The second-order valence-electron chi connectivity index (χ2n) is 8.44. The minimum absolute atomic E-state index is 0. The van der Waals surface area contributed by atoms with Crippen molar-refractivity contribution in [2.45, 2.75) is 38.6 Å². The molecule has 0 bridgehead atoms. The van der Waals surface area contributed by atoms with Gasteiger partial charge in [0.25, 0.3) is 0 Å². The van der Waals surface area contributed by atoms with Crippen molar-refractivity contribution in [3.05, 3.63) is 18.2 Å². The van der Waals surface area contributed by atoms with Gasteiger partial charge in [-0.2, -0.15) is 0 Å². The molecule has 31 heavy (non-hydrogen) atoms. The zero-order valence-corrected chi connectivity index (χ0v) is 21.9. The Morgan fingerprint density at radius 2 is 1.74 bits per heavy atom. The van der Waals surface area contributed by atoms with Gasteiger partial charge in [0.1, 0.15) is 11.5 Å². The molecule has 8 heteroatoms. The van der Waals surface area contributed by atoms with E-state index in [1.807, 2.05) is 6.07 Å². The summed E-state index contributed by atoms with van der Waals surface area (Å²) < 4.78 is 10.9. The largest absolute Gasteiger partial charge is 0.497 e. The van der Waals surface area contributed by atoms with Crippen LogP contribution in [0.25, 0.3) is 0 Å². The molecule has 0 amide bonds. The molecule has 1 atom stereocenters. The van der Waals surface area contributed by atoms with Crippen LogP contribution in [0.2, 0.25) is 0 Å². The number of halogens is 1. The molecule has 2 aliphatic heterocycles. The van der Waals surface area contributed by atoms with Gasteiger partial charge < -0.3 is 29.9 Å².